The molecule has 1 aromatic carbocycles. The van der Waals surface area contributed by atoms with Crippen molar-refractivity contribution in [2.45, 2.75) is 45.1 Å². The second-order valence-corrected chi connectivity index (χ2v) is 5.51. The van der Waals surface area contributed by atoms with E-state index in [2.05, 4.69) is 5.32 Å². The lowest BCUT2D eigenvalue weighted by Gasteiger charge is -2.29. The highest BCUT2D eigenvalue weighted by Crippen LogP contribution is 2.24. The number of carbonyl (C=O) groups is 2. The van der Waals surface area contributed by atoms with Crippen molar-refractivity contribution in [2.24, 2.45) is 5.92 Å². The Morgan fingerprint density at radius 1 is 1.25 bits per heavy atom. The fourth-order valence-electron chi connectivity index (χ4n) is 2.84. The molecule has 1 aromatic rings. The lowest BCUT2D eigenvalue weighted by Crippen LogP contribution is -2.45. The number of carboxylic acid groups (broad SMARTS) is 1. The maximum absolute atomic E-state index is 12.1. The molecule has 2 N–H and O–H groups in total. The predicted molar refractivity (Wildman–Crippen MR) is 76.4 cm³/mol. The van der Waals surface area contributed by atoms with Gasteiger partial charge in [0.15, 0.2) is 0 Å². The zero-order chi connectivity index (χ0) is 14.5. The Morgan fingerprint density at radius 3 is 2.65 bits per heavy atom. The van der Waals surface area contributed by atoms with E-state index in [1.54, 1.807) is 0 Å². The summed E-state index contributed by atoms with van der Waals surface area (Å²) in [6.45, 7) is 1.98. The molecule has 0 saturated heterocycles. The summed E-state index contributed by atoms with van der Waals surface area (Å²) in [5.74, 6) is -1.33. The van der Waals surface area contributed by atoms with Crippen molar-refractivity contribution < 1.29 is 14.7 Å². The van der Waals surface area contributed by atoms with E-state index in [9.17, 15) is 14.7 Å². The smallest absolute Gasteiger partial charge is 0.308 e. The molecule has 4 nitrogen and oxygen atoms in total. The average Bonchev–Trinajstić information content (AvgIpc) is 2.41. The maximum Gasteiger partial charge on any atom is 0.308 e. The molecule has 1 amide bonds. The van der Waals surface area contributed by atoms with Crippen LogP contribution >= 0.6 is 0 Å². The highest BCUT2D eigenvalue weighted by Gasteiger charge is 2.31. The zero-order valence-corrected chi connectivity index (χ0v) is 11.8. The van der Waals surface area contributed by atoms with Crippen molar-refractivity contribution in [3.05, 3.63) is 35.4 Å². The van der Waals surface area contributed by atoms with Crippen molar-refractivity contribution in [2.75, 3.05) is 0 Å². The van der Waals surface area contributed by atoms with E-state index in [4.69, 9.17) is 0 Å². The van der Waals surface area contributed by atoms with E-state index >= 15 is 0 Å². The van der Waals surface area contributed by atoms with Gasteiger partial charge in [-0.3, -0.25) is 9.59 Å². The Labute approximate surface area is 119 Å². The fourth-order valence-corrected chi connectivity index (χ4v) is 2.84. The molecule has 0 aliphatic heterocycles. The first-order chi connectivity index (χ1) is 9.58. The maximum atomic E-state index is 12.1. The van der Waals surface area contributed by atoms with Crippen LogP contribution in [0.3, 0.4) is 0 Å². The molecular formula is C16H21NO3. The van der Waals surface area contributed by atoms with E-state index in [0.717, 1.165) is 30.4 Å². The van der Waals surface area contributed by atoms with Gasteiger partial charge < -0.3 is 10.4 Å². The van der Waals surface area contributed by atoms with Crippen LogP contribution in [0.1, 0.15) is 36.8 Å². The molecule has 0 bridgehead atoms. The van der Waals surface area contributed by atoms with Crippen LogP contribution in [0.5, 0.6) is 0 Å². The Balaban J connectivity index is 1.96. The molecule has 1 fully saturated rings. The van der Waals surface area contributed by atoms with Crippen LogP contribution in [0.2, 0.25) is 0 Å². The molecule has 1 aliphatic rings. The van der Waals surface area contributed by atoms with Crippen LogP contribution in [0, 0.1) is 12.8 Å². The summed E-state index contributed by atoms with van der Waals surface area (Å²) in [6, 6.07) is 7.54. The second-order valence-electron chi connectivity index (χ2n) is 5.51. The molecule has 0 heterocycles. The third kappa shape index (κ3) is 3.59. The molecule has 2 unspecified atom stereocenters. The van der Waals surface area contributed by atoms with Crippen molar-refractivity contribution in [1.29, 1.82) is 0 Å². The third-order valence-electron chi connectivity index (χ3n) is 4.04. The summed E-state index contributed by atoms with van der Waals surface area (Å²) in [4.78, 5) is 23.3. The van der Waals surface area contributed by atoms with E-state index in [1.807, 2.05) is 31.2 Å². The molecule has 20 heavy (non-hydrogen) atoms. The third-order valence-corrected chi connectivity index (χ3v) is 4.04. The van der Waals surface area contributed by atoms with Crippen molar-refractivity contribution in [1.82, 2.24) is 5.32 Å². The lowest BCUT2D eigenvalue weighted by molar-refractivity contribution is -0.144. The van der Waals surface area contributed by atoms with Crippen LogP contribution in [0.4, 0.5) is 0 Å². The van der Waals surface area contributed by atoms with E-state index in [0.29, 0.717) is 12.8 Å². The van der Waals surface area contributed by atoms with Gasteiger partial charge in [0.25, 0.3) is 0 Å². The first-order valence-corrected chi connectivity index (χ1v) is 7.14. The number of hydrogen-bond donors (Lipinski definition) is 2. The minimum absolute atomic E-state index is 0.0857. The number of rotatable bonds is 4. The topological polar surface area (TPSA) is 66.4 Å². The summed E-state index contributed by atoms with van der Waals surface area (Å²) in [6.07, 6.45) is 3.65. The van der Waals surface area contributed by atoms with Gasteiger partial charge in [-0.1, -0.05) is 37.1 Å². The highest BCUT2D eigenvalue weighted by atomic mass is 16.4. The summed E-state index contributed by atoms with van der Waals surface area (Å²) < 4.78 is 0. The van der Waals surface area contributed by atoms with Crippen molar-refractivity contribution >= 4 is 11.9 Å². The first kappa shape index (κ1) is 14.6. The number of amides is 1. The van der Waals surface area contributed by atoms with Gasteiger partial charge in [0.1, 0.15) is 0 Å². The van der Waals surface area contributed by atoms with Gasteiger partial charge in [-0.05, 0) is 30.9 Å². The van der Waals surface area contributed by atoms with Gasteiger partial charge in [-0.2, -0.15) is 0 Å². The quantitative estimate of drug-likeness (QED) is 0.886. The standard InChI is InChI=1S/C16H21NO3/c1-11-6-2-3-7-12(11)10-15(18)17-14-9-5-4-8-13(14)16(19)20/h2-3,6-7,13-14H,4-5,8-10H2,1H3,(H,17,18)(H,19,20). The van der Waals surface area contributed by atoms with Crippen LogP contribution in [0.15, 0.2) is 24.3 Å². The van der Waals surface area contributed by atoms with Crippen LogP contribution < -0.4 is 5.32 Å². The molecule has 1 saturated carbocycles. The molecule has 0 radical (unpaired) electrons. The number of aliphatic carboxylic acids is 1. The van der Waals surface area contributed by atoms with E-state index in [-0.39, 0.29) is 11.9 Å². The number of carboxylic acids is 1. The Kier molecular flexibility index (Phi) is 4.77. The van der Waals surface area contributed by atoms with Crippen LogP contribution in [-0.4, -0.2) is 23.0 Å². The van der Waals surface area contributed by atoms with Gasteiger partial charge in [-0.15, -0.1) is 0 Å². The minimum atomic E-state index is -0.800. The molecule has 0 aromatic heterocycles. The monoisotopic (exact) mass is 275 g/mol. The fraction of sp³-hybridized carbons (Fsp3) is 0.500. The zero-order valence-electron chi connectivity index (χ0n) is 11.8. The molecule has 2 atom stereocenters. The van der Waals surface area contributed by atoms with Crippen LogP contribution in [-0.2, 0) is 16.0 Å². The summed E-state index contributed by atoms with van der Waals surface area (Å²) in [7, 11) is 0. The summed E-state index contributed by atoms with van der Waals surface area (Å²) in [5.41, 5.74) is 2.08. The molecule has 0 spiro atoms. The number of nitrogens with one attached hydrogen (secondary N) is 1. The van der Waals surface area contributed by atoms with Gasteiger partial charge in [0, 0.05) is 6.04 Å². The van der Waals surface area contributed by atoms with Crippen molar-refractivity contribution in [3.63, 3.8) is 0 Å². The van der Waals surface area contributed by atoms with Crippen LogP contribution in [0.25, 0.3) is 0 Å². The molecule has 4 heteroatoms. The number of aryl methyl sites for hydroxylation is 1. The van der Waals surface area contributed by atoms with Gasteiger partial charge in [-0.25, -0.2) is 0 Å². The summed E-state index contributed by atoms with van der Waals surface area (Å²) >= 11 is 0. The Morgan fingerprint density at radius 2 is 1.95 bits per heavy atom. The highest BCUT2D eigenvalue weighted by molar-refractivity contribution is 5.80. The van der Waals surface area contributed by atoms with Gasteiger partial charge >= 0.3 is 5.97 Å². The SMILES string of the molecule is Cc1ccccc1CC(=O)NC1CCCCC1C(=O)O. The molecule has 108 valence electrons. The van der Waals surface area contributed by atoms with Gasteiger partial charge in [0.05, 0.1) is 12.3 Å². The lowest BCUT2D eigenvalue weighted by atomic mass is 9.84. The molecule has 1 aliphatic carbocycles. The van der Waals surface area contributed by atoms with Crippen molar-refractivity contribution in [3.8, 4) is 0 Å². The normalized spacial score (nSPS) is 22.2. The van der Waals surface area contributed by atoms with Gasteiger partial charge in [0.2, 0.25) is 5.91 Å². The Bertz CT molecular complexity index is 498. The first-order valence-electron chi connectivity index (χ1n) is 7.14. The largest absolute Gasteiger partial charge is 0.481 e. The van der Waals surface area contributed by atoms with E-state index in [1.165, 1.54) is 0 Å². The Hall–Kier alpha value is -1.84. The second kappa shape index (κ2) is 6.55. The summed E-state index contributed by atoms with van der Waals surface area (Å²) in [5, 5.41) is 12.1. The number of benzene rings is 1. The number of carbonyl (C=O) groups excluding carboxylic acids is 1. The average molecular weight is 275 g/mol. The molecular weight excluding hydrogens is 254 g/mol. The van der Waals surface area contributed by atoms with E-state index < -0.39 is 11.9 Å². The predicted octanol–water partition coefficient (Wildman–Crippen LogP) is 2.30. The number of hydrogen-bond acceptors (Lipinski definition) is 2. The minimum Gasteiger partial charge on any atom is -0.481 e. The molecule has 2 rings (SSSR count).